The van der Waals surface area contributed by atoms with E-state index in [0.717, 1.165) is 62.2 Å². The number of nitrogens with one attached hydrogen (secondary N) is 1. The smallest absolute Gasteiger partial charge is 0.246 e. The molecular weight excluding hydrogens is 533 g/mol. The fourth-order valence-electron chi connectivity index (χ4n) is 4.41. The van der Waals surface area contributed by atoms with Crippen molar-refractivity contribution in [2.24, 2.45) is 18.0 Å². The van der Waals surface area contributed by atoms with Crippen LogP contribution in [0, 0.1) is 5.92 Å². The number of ether oxygens (including phenoxy) is 1. The van der Waals surface area contributed by atoms with Crippen LogP contribution in [0.15, 0.2) is 41.7 Å². The second-order valence-corrected chi connectivity index (χ2v) is 8.31. The molecule has 0 spiro atoms. The number of guanidine groups is 1. The van der Waals surface area contributed by atoms with Crippen LogP contribution in [-0.4, -0.2) is 79.5 Å². The summed E-state index contributed by atoms with van der Waals surface area (Å²) >= 11 is 0. The summed E-state index contributed by atoms with van der Waals surface area (Å²) in [4.78, 5) is 23.9. The SMILES string of the molecule is CCNC(=NCC1CCN(c2ccccc2OC)C1)N1CCN(c2cnn(C)c2)C(=O)C1.I. The molecule has 2 fully saturated rings. The molecule has 2 saturated heterocycles. The third-order valence-corrected chi connectivity index (χ3v) is 6.07. The third-order valence-electron chi connectivity index (χ3n) is 6.07. The predicted octanol–water partition coefficient (Wildman–Crippen LogP) is 2.19. The van der Waals surface area contributed by atoms with Crippen molar-refractivity contribution in [2.75, 3.05) is 62.7 Å². The number of aryl methyl sites for hydroxylation is 1. The predicted molar refractivity (Wildman–Crippen MR) is 142 cm³/mol. The molecule has 180 valence electrons. The molecule has 0 bridgehead atoms. The number of carbonyl (C=O) groups is 1. The molecule has 0 aliphatic carbocycles. The van der Waals surface area contributed by atoms with Crippen LogP contribution in [0.3, 0.4) is 0 Å². The van der Waals surface area contributed by atoms with E-state index < -0.39 is 0 Å². The number of aliphatic imine (C=N–C) groups is 1. The molecule has 1 aromatic carbocycles. The fourth-order valence-corrected chi connectivity index (χ4v) is 4.41. The molecule has 0 radical (unpaired) electrons. The first kappa shape index (κ1) is 25.1. The van der Waals surface area contributed by atoms with E-state index in [9.17, 15) is 4.79 Å². The Labute approximate surface area is 212 Å². The number of hydrogen-bond acceptors (Lipinski definition) is 5. The van der Waals surface area contributed by atoms with E-state index in [4.69, 9.17) is 9.73 Å². The van der Waals surface area contributed by atoms with Crippen molar-refractivity contribution in [1.29, 1.82) is 0 Å². The topological polar surface area (TPSA) is 78.2 Å². The summed E-state index contributed by atoms with van der Waals surface area (Å²) in [6.45, 7) is 7.21. The molecule has 2 aromatic rings. The van der Waals surface area contributed by atoms with Gasteiger partial charge < -0.3 is 24.8 Å². The summed E-state index contributed by atoms with van der Waals surface area (Å²) in [5.41, 5.74) is 1.99. The number of halogens is 1. The number of para-hydroxylation sites is 2. The summed E-state index contributed by atoms with van der Waals surface area (Å²) in [6.07, 6.45) is 4.70. The second-order valence-electron chi connectivity index (χ2n) is 8.31. The van der Waals surface area contributed by atoms with Gasteiger partial charge in [0.05, 0.1) is 24.7 Å². The zero-order valence-electron chi connectivity index (χ0n) is 19.6. The number of piperazine rings is 1. The Morgan fingerprint density at radius 2 is 2.09 bits per heavy atom. The number of anilines is 2. The van der Waals surface area contributed by atoms with Crippen LogP contribution in [0.4, 0.5) is 11.4 Å². The van der Waals surface area contributed by atoms with Gasteiger partial charge in [-0.15, -0.1) is 24.0 Å². The molecule has 1 unspecified atom stereocenters. The van der Waals surface area contributed by atoms with E-state index >= 15 is 0 Å². The highest BCUT2D eigenvalue weighted by molar-refractivity contribution is 14.0. The molecule has 9 nitrogen and oxygen atoms in total. The molecule has 1 aromatic heterocycles. The monoisotopic (exact) mass is 567 g/mol. The number of nitrogens with zero attached hydrogens (tertiary/aromatic N) is 6. The first-order valence-electron chi connectivity index (χ1n) is 11.3. The molecule has 10 heteroatoms. The molecule has 2 aliphatic heterocycles. The molecule has 2 aliphatic rings. The van der Waals surface area contributed by atoms with E-state index in [1.165, 1.54) is 0 Å². The lowest BCUT2D eigenvalue weighted by Gasteiger charge is -2.35. The lowest BCUT2D eigenvalue weighted by molar-refractivity contribution is -0.120. The first-order chi connectivity index (χ1) is 15.6. The fraction of sp³-hybridized carbons (Fsp3) is 0.522. The molecule has 1 N–H and O–H groups in total. The Morgan fingerprint density at radius 1 is 1.27 bits per heavy atom. The van der Waals surface area contributed by atoms with E-state index in [1.54, 1.807) is 22.9 Å². The zero-order valence-corrected chi connectivity index (χ0v) is 21.9. The van der Waals surface area contributed by atoms with Gasteiger partial charge in [0.15, 0.2) is 5.96 Å². The lowest BCUT2D eigenvalue weighted by atomic mass is 10.1. The minimum atomic E-state index is 0. The number of amides is 1. The Bertz CT molecular complexity index is 964. The number of rotatable bonds is 6. The van der Waals surface area contributed by atoms with Crippen molar-refractivity contribution >= 4 is 47.2 Å². The average Bonchev–Trinajstić information content (AvgIpc) is 3.45. The number of benzene rings is 1. The highest BCUT2D eigenvalue weighted by Crippen LogP contribution is 2.32. The summed E-state index contributed by atoms with van der Waals surface area (Å²) in [5.74, 6) is 2.27. The van der Waals surface area contributed by atoms with Crippen molar-refractivity contribution in [1.82, 2.24) is 20.0 Å². The Kier molecular flexibility index (Phi) is 8.81. The molecular formula is C23H34IN7O2. The summed E-state index contributed by atoms with van der Waals surface area (Å²) in [6, 6.07) is 8.17. The average molecular weight is 567 g/mol. The van der Waals surface area contributed by atoms with Crippen LogP contribution in [-0.2, 0) is 11.8 Å². The quantitative estimate of drug-likeness (QED) is 0.328. The molecule has 3 heterocycles. The van der Waals surface area contributed by atoms with Crippen molar-refractivity contribution in [3.8, 4) is 5.75 Å². The van der Waals surface area contributed by atoms with Crippen molar-refractivity contribution in [3.05, 3.63) is 36.7 Å². The maximum absolute atomic E-state index is 12.8. The minimum absolute atomic E-state index is 0. The number of aromatic nitrogens is 2. The lowest BCUT2D eigenvalue weighted by Crippen LogP contribution is -2.55. The van der Waals surface area contributed by atoms with Gasteiger partial charge in [0.1, 0.15) is 12.3 Å². The highest BCUT2D eigenvalue weighted by Gasteiger charge is 2.29. The highest BCUT2D eigenvalue weighted by atomic mass is 127. The third kappa shape index (κ3) is 5.90. The van der Waals surface area contributed by atoms with Gasteiger partial charge in [0, 0.05) is 52.5 Å². The van der Waals surface area contributed by atoms with E-state index in [1.807, 2.05) is 25.4 Å². The summed E-state index contributed by atoms with van der Waals surface area (Å²) in [5, 5.41) is 7.56. The van der Waals surface area contributed by atoms with Gasteiger partial charge in [-0.3, -0.25) is 14.5 Å². The van der Waals surface area contributed by atoms with Crippen molar-refractivity contribution < 1.29 is 9.53 Å². The van der Waals surface area contributed by atoms with E-state index in [2.05, 4.69) is 39.3 Å². The van der Waals surface area contributed by atoms with Crippen molar-refractivity contribution in [3.63, 3.8) is 0 Å². The van der Waals surface area contributed by atoms with Crippen molar-refractivity contribution in [2.45, 2.75) is 13.3 Å². The molecule has 0 saturated carbocycles. The van der Waals surface area contributed by atoms with E-state index in [-0.39, 0.29) is 29.9 Å². The van der Waals surface area contributed by atoms with Crippen LogP contribution in [0.1, 0.15) is 13.3 Å². The van der Waals surface area contributed by atoms with E-state index in [0.29, 0.717) is 19.0 Å². The van der Waals surface area contributed by atoms with Gasteiger partial charge in [0.25, 0.3) is 0 Å². The van der Waals surface area contributed by atoms with Crippen LogP contribution in [0.25, 0.3) is 0 Å². The standard InChI is InChI=1S/C23H33N7O2.HI/c1-4-24-23(29-11-12-30(22(31)17-29)19-14-26-27(2)16-19)25-13-18-9-10-28(15-18)20-7-5-6-8-21(20)32-3;/h5-8,14,16,18H,4,9-13,15,17H2,1-3H3,(H,24,25);1H. The van der Waals surface area contributed by atoms with Gasteiger partial charge in [-0.05, 0) is 31.4 Å². The summed E-state index contributed by atoms with van der Waals surface area (Å²) in [7, 11) is 3.58. The van der Waals surface area contributed by atoms with Crippen LogP contribution >= 0.6 is 24.0 Å². The van der Waals surface area contributed by atoms with Gasteiger partial charge in [-0.25, -0.2) is 0 Å². The van der Waals surface area contributed by atoms with Gasteiger partial charge in [-0.1, -0.05) is 12.1 Å². The van der Waals surface area contributed by atoms with Gasteiger partial charge in [0.2, 0.25) is 5.91 Å². The van der Waals surface area contributed by atoms with Crippen LogP contribution in [0.2, 0.25) is 0 Å². The zero-order chi connectivity index (χ0) is 22.5. The molecule has 1 atom stereocenters. The Hall–Kier alpha value is -2.50. The van der Waals surface area contributed by atoms with Gasteiger partial charge in [-0.2, -0.15) is 5.10 Å². The minimum Gasteiger partial charge on any atom is -0.495 e. The molecule has 33 heavy (non-hydrogen) atoms. The number of methoxy groups -OCH3 is 1. The van der Waals surface area contributed by atoms with Gasteiger partial charge >= 0.3 is 0 Å². The Morgan fingerprint density at radius 3 is 2.79 bits per heavy atom. The first-order valence-corrected chi connectivity index (χ1v) is 11.3. The maximum atomic E-state index is 12.8. The maximum Gasteiger partial charge on any atom is 0.246 e. The molecule has 4 rings (SSSR count). The molecule has 1 amide bonds. The second kappa shape index (κ2) is 11.6. The number of hydrogen-bond donors (Lipinski definition) is 1. The van der Waals surface area contributed by atoms with Crippen LogP contribution < -0.4 is 19.9 Å². The summed E-state index contributed by atoms with van der Waals surface area (Å²) < 4.78 is 7.25. The largest absolute Gasteiger partial charge is 0.495 e. The van der Waals surface area contributed by atoms with Crippen LogP contribution in [0.5, 0.6) is 5.75 Å². The normalized spacial score (nSPS) is 19.0. The Balaban J connectivity index is 0.00000306. The number of carbonyl (C=O) groups excluding carboxylic acids is 1.